The molecule has 6 nitrogen and oxygen atoms in total. The molecule has 0 unspecified atom stereocenters. The molecule has 1 aromatic carbocycles. The molecule has 1 saturated carbocycles. The Morgan fingerprint density at radius 2 is 2.13 bits per heavy atom. The van der Waals surface area contributed by atoms with E-state index in [0.29, 0.717) is 13.1 Å². The molecule has 0 spiro atoms. The van der Waals surface area contributed by atoms with Crippen molar-refractivity contribution in [2.75, 3.05) is 18.4 Å². The summed E-state index contributed by atoms with van der Waals surface area (Å²) >= 11 is 0. The Bertz CT molecular complexity index is 602. The van der Waals surface area contributed by atoms with E-state index in [0.717, 1.165) is 23.7 Å². The SMILES string of the molecule is Cl.Cl.O=C(CNCC1CC1)Nc1cccc(Cn2cncn2)c1. The molecule has 0 atom stereocenters. The lowest BCUT2D eigenvalue weighted by Gasteiger charge is -2.08. The van der Waals surface area contributed by atoms with Gasteiger partial charge in [-0.25, -0.2) is 9.67 Å². The maximum atomic E-state index is 11.8. The fourth-order valence-electron chi connectivity index (χ4n) is 2.17. The van der Waals surface area contributed by atoms with E-state index in [1.807, 2.05) is 24.3 Å². The van der Waals surface area contributed by atoms with Crippen LogP contribution >= 0.6 is 24.8 Å². The minimum absolute atomic E-state index is 0. The van der Waals surface area contributed by atoms with Crippen LogP contribution in [0.2, 0.25) is 0 Å². The van der Waals surface area contributed by atoms with Crippen molar-refractivity contribution in [2.45, 2.75) is 19.4 Å². The fourth-order valence-corrected chi connectivity index (χ4v) is 2.17. The van der Waals surface area contributed by atoms with Crippen molar-refractivity contribution in [3.05, 3.63) is 42.5 Å². The van der Waals surface area contributed by atoms with Crippen LogP contribution < -0.4 is 10.6 Å². The number of halogens is 2. The zero-order valence-corrected chi connectivity index (χ0v) is 14.3. The number of anilines is 1. The molecule has 2 N–H and O–H groups in total. The van der Waals surface area contributed by atoms with E-state index in [1.165, 1.54) is 19.2 Å². The highest BCUT2D eigenvalue weighted by molar-refractivity contribution is 5.92. The molecule has 1 amide bonds. The first kappa shape index (κ1) is 19.4. The van der Waals surface area contributed by atoms with Gasteiger partial charge in [-0.15, -0.1) is 24.8 Å². The number of nitrogens with zero attached hydrogens (tertiary/aromatic N) is 3. The third-order valence-electron chi connectivity index (χ3n) is 3.44. The van der Waals surface area contributed by atoms with Gasteiger partial charge in [0.05, 0.1) is 13.1 Å². The van der Waals surface area contributed by atoms with Gasteiger partial charge < -0.3 is 10.6 Å². The molecule has 0 bridgehead atoms. The highest BCUT2D eigenvalue weighted by Gasteiger charge is 2.20. The van der Waals surface area contributed by atoms with Crippen LogP contribution in [0.25, 0.3) is 0 Å². The summed E-state index contributed by atoms with van der Waals surface area (Å²) in [6.45, 7) is 1.95. The second-order valence-electron chi connectivity index (χ2n) is 5.42. The third-order valence-corrected chi connectivity index (χ3v) is 3.44. The fraction of sp³-hybridized carbons (Fsp3) is 0.400. The summed E-state index contributed by atoms with van der Waals surface area (Å²) < 4.78 is 1.75. The highest BCUT2D eigenvalue weighted by atomic mass is 35.5. The van der Waals surface area contributed by atoms with Gasteiger partial charge in [0.1, 0.15) is 12.7 Å². The van der Waals surface area contributed by atoms with Crippen LogP contribution in [0.1, 0.15) is 18.4 Å². The molecule has 2 aromatic rings. The second kappa shape index (κ2) is 9.50. The maximum Gasteiger partial charge on any atom is 0.238 e. The smallest absolute Gasteiger partial charge is 0.238 e. The van der Waals surface area contributed by atoms with Gasteiger partial charge in [0.25, 0.3) is 0 Å². The molecular formula is C15H21Cl2N5O. The van der Waals surface area contributed by atoms with Crippen LogP contribution in [0.5, 0.6) is 0 Å². The van der Waals surface area contributed by atoms with E-state index in [9.17, 15) is 4.79 Å². The average Bonchev–Trinajstić information content (AvgIpc) is 3.14. The molecule has 1 heterocycles. The zero-order valence-electron chi connectivity index (χ0n) is 12.6. The summed E-state index contributed by atoms with van der Waals surface area (Å²) in [4.78, 5) is 15.8. The molecule has 126 valence electrons. The first-order chi connectivity index (χ1) is 10.3. The van der Waals surface area contributed by atoms with Crippen molar-refractivity contribution >= 4 is 36.4 Å². The highest BCUT2D eigenvalue weighted by Crippen LogP contribution is 2.27. The van der Waals surface area contributed by atoms with Crippen molar-refractivity contribution in [3.8, 4) is 0 Å². The van der Waals surface area contributed by atoms with E-state index in [4.69, 9.17) is 0 Å². The Labute approximate surface area is 147 Å². The summed E-state index contributed by atoms with van der Waals surface area (Å²) in [6.07, 6.45) is 5.77. The van der Waals surface area contributed by atoms with Crippen LogP contribution in [-0.4, -0.2) is 33.8 Å². The molecule has 0 aliphatic heterocycles. The number of hydrogen-bond acceptors (Lipinski definition) is 4. The van der Waals surface area contributed by atoms with Gasteiger partial charge in [0.2, 0.25) is 5.91 Å². The molecule has 23 heavy (non-hydrogen) atoms. The Hall–Kier alpha value is -1.63. The van der Waals surface area contributed by atoms with Gasteiger partial charge in [-0.05, 0) is 43.0 Å². The van der Waals surface area contributed by atoms with Crippen molar-refractivity contribution in [1.29, 1.82) is 0 Å². The molecule has 1 aromatic heterocycles. The van der Waals surface area contributed by atoms with Crippen molar-refractivity contribution in [2.24, 2.45) is 5.92 Å². The molecular weight excluding hydrogens is 337 g/mol. The van der Waals surface area contributed by atoms with Crippen molar-refractivity contribution in [3.63, 3.8) is 0 Å². The summed E-state index contributed by atoms with van der Waals surface area (Å²) in [7, 11) is 0. The Morgan fingerprint density at radius 3 is 2.83 bits per heavy atom. The third kappa shape index (κ3) is 6.56. The van der Waals surface area contributed by atoms with Gasteiger partial charge in [-0.2, -0.15) is 5.10 Å². The molecule has 3 rings (SSSR count). The number of amides is 1. The van der Waals surface area contributed by atoms with Gasteiger partial charge in [-0.3, -0.25) is 4.79 Å². The molecule has 0 radical (unpaired) electrons. The summed E-state index contributed by atoms with van der Waals surface area (Å²) in [5.74, 6) is 0.775. The van der Waals surface area contributed by atoms with E-state index in [-0.39, 0.29) is 30.7 Å². The predicted octanol–water partition coefficient (Wildman–Crippen LogP) is 2.11. The quantitative estimate of drug-likeness (QED) is 0.795. The minimum atomic E-state index is -0.00597. The lowest BCUT2D eigenvalue weighted by Crippen LogP contribution is -2.29. The van der Waals surface area contributed by atoms with Crippen molar-refractivity contribution in [1.82, 2.24) is 20.1 Å². The van der Waals surface area contributed by atoms with E-state index in [2.05, 4.69) is 20.7 Å². The normalized spacial score (nSPS) is 12.9. The summed E-state index contributed by atoms with van der Waals surface area (Å²) in [6, 6.07) is 7.78. The van der Waals surface area contributed by atoms with Crippen LogP contribution in [0.3, 0.4) is 0 Å². The van der Waals surface area contributed by atoms with E-state index >= 15 is 0 Å². The number of rotatable bonds is 7. The maximum absolute atomic E-state index is 11.8. The van der Waals surface area contributed by atoms with E-state index in [1.54, 1.807) is 11.0 Å². The first-order valence-electron chi connectivity index (χ1n) is 7.21. The van der Waals surface area contributed by atoms with Gasteiger partial charge in [0.15, 0.2) is 0 Å². The lowest BCUT2D eigenvalue weighted by atomic mass is 10.2. The zero-order chi connectivity index (χ0) is 14.5. The molecule has 1 aliphatic carbocycles. The molecule has 0 saturated heterocycles. The number of nitrogens with one attached hydrogen (secondary N) is 2. The van der Waals surface area contributed by atoms with Crippen LogP contribution in [0.4, 0.5) is 5.69 Å². The lowest BCUT2D eigenvalue weighted by molar-refractivity contribution is -0.115. The van der Waals surface area contributed by atoms with Gasteiger partial charge in [-0.1, -0.05) is 12.1 Å². The monoisotopic (exact) mass is 357 g/mol. The standard InChI is InChI=1S/C15H19N5O.2ClH/c21-15(8-16-7-12-4-5-12)19-14-3-1-2-13(6-14)9-20-11-17-10-18-20;;/h1-3,6,10-12,16H,4-5,7-9H2,(H,19,21);2*1H. The first-order valence-corrected chi connectivity index (χ1v) is 7.21. The number of carbonyl (C=O) groups is 1. The summed E-state index contributed by atoms with van der Waals surface area (Å²) in [5.41, 5.74) is 1.88. The molecule has 1 fully saturated rings. The van der Waals surface area contributed by atoms with Gasteiger partial charge in [0, 0.05) is 5.69 Å². The number of benzene rings is 1. The van der Waals surface area contributed by atoms with E-state index < -0.39 is 0 Å². The van der Waals surface area contributed by atoms with Crippen LogP contribution in [0.15, 0.2) is 36.9 Å². The Balaban J connectivity index is 0.00000132. The number of aromatic nitrogens is 3. The average molecular weight is 358 g/mol. The molecule has 1 aliphatic rings. The minimum Gasteiger partial charge on any atom is -0.325 e. The Kier molecular flexibility index (Phi) is 8.02. The number of carbonyl (C=O) groups excluding carboxylic acids is 1. The van der Waals surface area contributed by atoms with Crippen LogP contribution in [-0.2, 0) is 11.3 Å². The molecule has 8 heteroatoms. The van der Waals surface area contributed by atoms with Crippen LogP contribution in [0, 0.1) is 5.92 Å². The number of hydrogen-bond donors (Lipinski definition) is 2. The largest absolute Gasteiger partial charge is 0.325 e. The van der Waals surface area contributed by atoms with Crippen molar-refractivity contribution < 1.29 is 4.79 Å². The summed E-state index contributed by atoms with van der Waals surface area (Å²) in [5, 5.41) is 10.2. The second-order valence-corrected chi connectivity index (χ2v) is 5.42. The topological polar surface area (TPSA) is 71.8 Å². The van der Waals surface area contributed by atoms with Gasteiger partial charge >= 0.3 is 0 Å². The Morgan fingerprint density at radius 1 is 1.30 bits per heavy atom. The predicted molar refractivity (Wildman–Crippen MR) is 94.3 cm³/mol.